The molecule has 0 bridgehead atoms. The molecule has 0 unspecified atom stereocenters. The van der Waals surface area contributed by atoms with Crippen LogP contribution in [0.1, 0.15) is 11.4 Å². The first-order chi connectivity index (χ1) is 4.83. The molecule has 1 heterocycles. The molecule has 3 heteroatoms. The lowest BCUT2D eigenvalue weighted by Gasteiger charge is -1.95. The van der Waals surface area contributed by atoms with Gasteiger partial charge in [0.05, 0.1) is 0 Å². The van der Waals surface area contributed by atoms with Crippen LogP contribution < -0.4 is 0 Å². The molecule has 0 aliphatic carbocycles. The van der Waals surface area contributed by atoms with E-state index in [4.69, 9.17) is 5.11 Å². The molecular weight excluding hydrogens is 128 g/mol. The van der Waals surface area contributed by atoms with Crippen molar-refractivity contribution < 1.29 is 5.11 Å². The third-order valence-corrected chi connectivity index (χ3v) is 1.23. The van der Waals surface area contributed by atoms with E-state index in [1.54, 1.807) is 12.4 Å². The highest BCUT2D eigenvalue weighted by molar-refractivity contribution is 5.04. The maximum absolute atomic E-state index is 8.53. The molecule has 1 aromatic rings. The van der Waals surface area contributed by atoms with Gasteiger partial charge in [0.2, 0.25) is 0 Å². The number of aliphatic hydroxyl groups is 1. The topological polar surface area (TPSA) is 46.0 Å². The maximum Gasteiger partial charge on any atom is 0.125 e. The van der Waals surface area contributed by atoms with E-state index in [2.05, 4.69) is 9.97 Å². The Balaban J connectivity index is 2.69. The van der Waals surface area contributed by atoms with E-state index in [0.717, 1.165) is 11.4 Å². The Morgan fingerprint density at radius 3 is 2.50 bits per heavy atom. The van der Waals surface area contributed by atoms with Crippen molar-refractivity contribution in [3.63, 3.8) is 0 Å². The monoisotopic (exact) mass is 138 g/mol. The van der Waals surface area contributed by atoms with E-state index in [-0.39, 0.29) is 6.61 Å². The van der Waals surface area contributed by atoms with Crippen LogP contribution in [0.15, 0.2) is 12.4 Å². The Bertz CT molecular complexity index is 195. The van der Waals surface area contributed by atoms with Gasteiger partial charge in [-0.3, -0.25) is 0 Å². The molecule has 0 spiro atoms. The van der Waals surface area contributed by atoms with Gasteiger partial charge >= 0.3 is 0 Å². The van der Waals surface area contributed by atoms with E-state index in [1.807, 2.05) is 6.92 Å². The Morgan fingerprint density at radius 1 is 1.40 bits per heavy atom. The van der Waals surface area contributed by atoms with Crippen molar-refractivity contribution >= 4 is 0 Å². The Hall–Kier alpha value is -0.960. The Labute approximate surface area is 59.8 Å². The average Bonchev–Trinajstić information content (AvgIpc) is 1.95. The Kier molecular flexibility index (Phi) is 2.34. The van der Waals surface area contributed by atoms with Crippen LogP contribution in [0.3, 0.4) is 0 Å². The minimum absolute atomic E-state index is 0.159. The average molecular weight is 138 g/mol. The number of hydrogen-bond acceptors (Lipinski definition) is 3. The fourth-order valence-corrected chi connectivity index (χ4v) is 0.678. The third-order valence-electron chi connectivity index (χ3n) is 1.23. The summed E-state index contributed by atoms with van der Waals surface area (Å²) in [5.41, 5.74) is 0.980. The van der Waals surface area contributed by atoms with Crippen LogP contribution in [0, 0.1) is 6.92 Å². The zero-order chi connectivity index (χ0) is 7.40. The van der Waals surface area contributed by atoms with Gasteiger partial charge in [0, 0.05) is 19.0 Å². The van der Waals surface area contributed by atoms with Crippen LogP contribution in [0.5, 0.6) is 0 Å². The molecule has 0 aliphatic heterocycles. The van der Waals surface area contributed by atoms with Crippen molar-refractivity contribution in [3.8, 4) is 0 Å². The summed E-state index contributed by atoms with van der Waals surface area (Å²) >= 11 is 0. The highest BCUT2D eigenvalue weighted by atomic mass is 16.2. The number of aromatic nitrogens is 2. The van der Waals surface area contributed by atoms with Crippen molar-refractivity contribution in [2.45, 2.75) is 13.3 Å². The number of rotatable bonds is 2. The van der Waals surface area contributed by atoms with Crippen molar-refractivity contribution in [2.24, 2.45) is 0 Å². The van der Waals surface area contributed by atoms with E-state index in [1.165, 1.54) is 0 Å². The summed E-state index contributed by atoms with van der Waals surface area (Å²) in [6.07, 6.45) is 4.11. The van der Waals surface area contributed by atoms with Crippen LogP contribution >= 0.6 is 0 Å². The molecule has 1 N–H and O–H groups in total. The van der Waals surface area contributed by atoms with E-state index in [9.17, 15) is 0 Å². The van der Waals surface area contributed by atoms with Crippen molar-refractivity contribution in [2.75, 3.05) is 6.61 Å². The normalized spacial score (nSPS) is 9.80. The molecule has 0 amide bonds. The summed E-state index contributed by atoms with van der Waals surface area (Å²) in [6.45, 7) is 2.00. The van der Waals surface area contributed by atoms with Gasteiger partial charge in [-0.1, -0.05) is 0 Å². The first-order valence-electron chi connectivity index (χ1n) is 3.21. The van der Waals surface area contributed by atoms with Gasteiger partial charge in [0.15, 0.2) is 0 Å². The maximum atomic E-state index is 8.53. The highest BCUT2D eigenvalue weighted by Gasteiger charge is 1.91. The molecule has 0 saturated carbocycles. The van der Waals surface area contributed by atoms with Crippen LogP contribution in [-0.4, -0.2) is 21.7 Å². The summed E-state index contributed by atoms with van der Waals surface area (Å²) in [5, 5.41) is 8.53. The fourth-order valence-electron chi connectivity index (χ4n) is 0.678. The lowest BCUT2D eigenvalue weighted by atomic mass is 10.2. The zero-order valence-corrected chi connectivity index (χ0v) is 5.91. The molecule has 3 nitrogen and oxygen atoms in total. The number of nitrogens with zero attached hydrogens (tertiary/aromatic N) is 2. The van der Waals surface area contributed by atoms with Gasteiger partial charge in [0.25, 0.3) is 0 Å². The predicted molar refractivity (Wildman–Crippen MR) is 37.6 cm³/mol. The first kappa shape index (κ1) is 7.15. The molecule has 1 aromatic heterocycles. The van der Waals surface area contributed by atoms with Crippen LogP contribution in [0.25, 0.3) is 0 Å². The predicted octanol–water partition coefficient (Wildman–Crippen LogP) is 0.320. The second-order valence-corrected chi connectivity index (χ2v) is 2.11. The van der Waals surface area contributed by atoms with Crippen molar-refractivity contribution in [1.82, 2.24) is 9.97 Å². The SMILES string of the molecule is Cc1ncc(CCO)cn1. The molecule has 10 heavy (non-hydrogen) atoms. The van der Waals surface area contributed by atoms with Crippen LogP contribution in [0.2, 0.25) is 0 Å². The highest BCUT2D eigenvalue weighted by Crippen LogP contribution is 1.94. The number of hydrogen-bond donors (Lipinski definition) is 1. The van der Waals surface area contributed by atoms with Crippen molar-refractivity contribution in [3.05, 3.63) is 23.8 Å². The van der Waals surface area contributed by atoms with Gasteiger partial charge in [-0.25, -0.2) is 9.97 Å². The standard InChI is InChI=1S/C7H10N2O/c1-6-8-4-7(2-3-10)5-9-6/h4-5,10H,2-3H2,1H3. The van der Waals surface area contributed by atoms with E-state index >= 15 is 0 Å². The van der Waals surface area contributed by atoms with Gasteiger partial charge in [-0.2, -0.15) is 0 Å². The summed E-state index contributed by atoms with van der Waals surface area (Å²) in [6, 6.07) is 0. The van der Waals surface area contributed by atoms with Crippen LogP contribution in [-0.2, 0) is 6.42 Å². The molecule has 54 valence electrons. The first-order valence-corrected chi connectivity index (χ1v) is 3.21. The smallest absolute Gasteiger partial charge is 0.125 e. The third kappa shape index (κ3) is 1.77. The summed E-state index contributed by atoms with van der Waals surface area (Å²) in [4.78, 5) is 7.95. The van der Waals surface area contributed by atoms with Crippen molar-refractivity contribution in [1.29, 1.82) is 0 Å². The van der Waals surface area contributed by atoms with E-state index in [0.29, 0.717) is 6.42 Å². The molecule has 0 aliphatic rings. The molecule has 0 saturated heterocycles. The molecule has 1 rings (SSSR count). The van der Waals surface area contributed by atoms with Gasteiger partial charge < -0.3 is 5.11 Å². The summed E-state index contributed by atoms with van der Waals surface area (Å²) < 4.78 is 0. The second kappa shape index (κ2) is 3.27. The minimum atomic E-state index is 0.159. The minimum Gasteiger partial charge on any atom is -0.396 e. The molecule has 0 atom stereocenters. The van der Waals surface area contributed by atoms with Gasteiger partial charge in [-0.05, 0) is 18.9 Å². The molecule has 0 radical (unpaired) electrons. The van der Waals surface area contributed by atoms with Gasteiger partial charge in [0.1, 0.15) is 5.82 Å². The molecule has 0 aromatic carbocycles. The summed E-state index contributed by atoms with van der Waals surface area (Å²) in [7, 11) is 0. The zero-order valence-electron chi connectivity index (χ0n) is 5.91. The number of aliphatic hydroxyl groups excluding tert-OH is 1. The quantitative estimate of drug-likeness (QED) is 0.640. The lowest BCUT2D eigenvalue weighted by molar-refractivity contribution is 0.299. The lowest BCUT2D eigenvalue weighted by Crippen LogP contribution is -1.94. The molecular formula is C7H10N2O. The summed E-state index contributed by atoms with van der Waals surface area (Å²) in [5.74, 6) is 0.765. The fraction of sp³-hybridized carbons (Fsp3) is 0.429. The van der Waals surface area contributed by atoms with E-state index < -0.39 is 0 Å². The van der Waals surface area contributed by atoms with Gasteiger partial charge in [-0.15, -0.1) is 0 Å². The Morgan fingerprint density at radius 2 is 2.00 bits per heavy atom. The van der Waals surface area contributed by atoms with Crippen LogP contribution in [0.4, 0.5) is 0 Å². The largest absolute Gasteiger partial charge is 0.396 e. The second-order valence-electron chi connectivity index (χ2n) is 2.11. The number of aryl methyl sites for hydroxylation is 1. The molecule has 0 fully saturated rings.